The zero-order chi connectivity index (χ0) is 14.8. The highest BCUT2D eigenvalue weighted by atomic mass is 35.5. The quantitative estimate of drug-likeness (QED) is 0.879. The van der Waals surface area contributed by atoms with Gasteiger partial charge in [-0.05, 0) is 37.0 Å². The van der Waals surface area contributed by atoms with Gasteiger partial charge in [0.25, 0.3) is 0 Å². The van der Waals surface area contributed by atoms with E-state index in [1.54, 1.807) is 18.2 Å². The van der Waals surface area contributed by atoms with Crippen molar-refractivity contribution < 1.29 is 4.79 Å². The van der Waals surface area contributed by atoms with Gasteiger partial charge in [0.05, 0.1) is 27.9 Å². The molecule has 0 spiro atoms. The van der Waals surface area contributed by atoms with Gasteiger partial charge in [-0.1, -0.05) is 31.4 Å². The predicted octanol–water partition coefficient (Wildman–Crippen LogP) is 3.06. The normalized spacial score (nSPS) is 25.8. The summed E-state index contributed by atoms with van der Waals surface area (Å²) in [5.74, 6) is 0.224. The number of hydrogen-bond acceptors (Lipinski definition) is 3. The fourth-order valence-corrected chi connectivity index (χ4v) is 2.90. The molecule has 2 rings (SSSR count). The van der Waals surface area contributed by atoms with Crippen LogP contribution in [0.3, 0.4) is 0 Å². The Bertz CT molecular complexity index is 567. The van der Waals surface area contributed by atoms with Gasteiger partial charge in [-0.3, -0.25) is 4.79 Å². The fraction of sp³-hybridized carbons (Fsp3) is 0.467. The SMILES string of the molecule is CC1CCCC(N)(C(=O)Nc2cc(C#N)ccc2Cl)C1. The highest BCUT2D eigenvalue weighted by Gasteiger charge is 2.38. The lowest BCUT2D eigenvalue weighted by atomic mass is 9.76. The van der Waals surface area contributed by atoms with Gasteiger partial charge in [-0.15, -0.1) is 0 Å². The number of nitriles is 1. The first-order valence-corrected chi connectivity index (χ1v) is 7.12. The van der Waals surface area contributed by atoms with Gasteiger partial charge < -0.3 is 11.1 Å². The Morgan fingerprint density at radius 1 is 1.60 bits per heavy atom. The first-order chi connectivity index (χ1) is 9.44. The lowest BCUT2D eigenvalue weighted by Gasteiger charge is -2.35. The van der Waals surface area contributed by atoms with Gasteiger partial charge in [0, 0.05) is 0 Å². The van der Waals surface area contributed by atoms with Gasteiger partial charge in [0.2, 0.25) is 5.91 Å². The van der Waals surface area contributed by atoms with Crippen molar-refractivity contribution in [3.05, 3.63) is 28.8 Å². The number of benzene rings is 1. The van der Waals surface area contributed by atoms with Crippen LogP contribution in [0.15, 0.2) is 18.2 Å². The second-order valence-corrected chi connectivity index (χ2v) is 6.03. The van der Waals surface area contributed by atoms with E-state index >= 15 is 0 Å². The Kier molecular flexibility index (Phi) is 4.32. The molecule has 0 aliphatic heterocycles. The summed E-state index contributed by atoms with van der Waals surface area (Å²) < 4.78 is 0. The number of rotatable bonds is 2. The summed E-state index contributed by atoms with van der Waals surface area (Å²) >= 11 is 6.05. The molecule has 1 aromatic carbocycles. The summed E-state index contributed by atoms with van der Waals surface area (Å²) in [5, 5.41) is 12.1. The molecule has 4 nitrogen and oxygen atoms in total. The number of halogens is 1. The molecule has 1 fully saturated rings. The molecule has 3 N–H and O–H groups in total. The van der Waals surface area contributed by atoms with Crippen LogP contribution in [0.2, 0.25) is 5.02 Å². The van der Waals surface area contributed by atoms with E-state index in [9.17, 15) is 4.79 Å². The van der Waals surface area contributed by atoms with Crippen molar-refractivity contribution in [3.8, 4) is 6.07 Å². The molecule has 0 radical (unpaired) electrons. The second-order valence-electron chi connectivity index (χ2n) is 5.62. The van der Waals surface area contributed by atoms with Crippen LogP contribution in [0.5, 0.6) is 0 Å². The van der Waals surface area contributed by atoms with Crippen molar-refractivity contribution in [1.29, 1.82) is 5.26 Å². The fourth-order valence-electron chi connectivity index (χ4n) is 2.74. The maximum absolute atomic E-state index is 12.4. The van der Waals surface area contributed by atoms with E-state index in [-0.39, 0.29) is 5.91 Å². The minimum atomic E-state index is -0.844. The molecule has 2 atom stereocenters. The third-order valence-electron chi connectivity index (χ3n) is 3.83. The molecule has 0 bridgehead atoms. The maximum Gasteiger partial charge on any atom is 0.244 e. The predicted molar refractivity (Wildman–Crippen MR) is 79.3 cm³/mol. The summed E-state index contributed by atoms with van der Waals surface area (Å²) in [5.41, 5.74) is 6.29. The van der Waals surface area contributed by atoms with Crippen molar-refractivity contribution in [2.24, 2.45) is 11.7 Å². The smallest absolute Gasteiger partial charge is 0.244 e. The van der Waals surface area contributed by atoms with Crippen molar-refractivity contribution in [2.75, 3.05) is 5.32 Å². The van der Waals surface area contributed by atoms with Gasteiger partial charge in [0.15, 0.2) is 0 Å². The number of amides is 1. The van der Waals surface area contributed by atoms with Crippen LogP contribution in [0.1, 0.15) is 38.2 Å². The van der Waals surface area contributed by atoms with Crippen molar-refractivity contribution in [1.82, 2.24) is 0 Å². The van der Waals surface area contributed by atoms with Crippen LogP contribution < -0.4 is 11.1 Å². The average Bonchev–Trinajstić information content (AvgIpc) is 2.41. The molecule has 0 aromatic heterocycles. The monoisotopic (exact) mass is 291 g/mol. The van der Waals surface area contributed by atoms with Crippen molar-refractivity contribution >= 4 is 23.2 Å². The van der Waals surface area contributed by atoms with Crippen LogP contribution in [0, 0.1) is 17.2 Å². The molecule has 2 unspecified atom stereocenters. The van der Waals surface area contributed by atoms with Crippen LogP contribution in [-0.2, 0) is 4.79 Å². The summed E-state index contributed by atoms with van der Waals surface area (Å²) in [6.07, 6.45) is 3.42. The topological polar surface area (TPSA) is 78.9 Å². The number of nitrogens with zero attached hydrogens (tertiary/aromatic N) is 1. The molecule has 1 amide bonds. The summed E-state index contributed by atoms with van der Waals surface area (Å²) in [6.45, 7) is 2.11. The Morgan fingerprint density at radius 2 is 2.35 bits per heavy atom. The second kappa shape index (κ2) is 5.82. The van der Waals surface area contributed by atoms with E-state index < -0.39 is 5.54 Å². The van der Waals surface area contributed by atoms with Crippen molar-refractivity contribution in [2.45, 2.75) is 38.1 Å². The Hall–Kier alpha value is -1.57. The molecule has 0 heterocycles. The largest absolute Gasteiger partial charge is 0.323 e. The Morgan fingerprint density at radius 3 is 3.00 bits per heavy atom. The molecule has 0 saturated heterocycles. The highest BCUT2D eigenvalue weighted by Crippen LogP contribution is 2.32. The van der Waals surface area contributed by atoms with Gasteiger partial charge >= 0.3 is 0 Å². The summed E-state index contributed by atoms with van der Waals surface area (Å²) in [7, 11) is 0. The number of carbonyl (C=O) groups excluding carboxylic acids is 1. The number of nitrogens with two attached hydrogens (primary N) is 1. The molecule has 5 heteroatoms. The lowest BCUT2D eigenvalue weighted by molar-refractivity contribution is -0.122. The number of anilines is 1. The number of carbonyl (C=O) groups is 1. The van der Waals surface area contributed by atoms with Gasteiger partial charge in [-0.2, -0.15) is 5.26 Å². The Balaban J connectivity index is 2.17. The lowest BCUT2D eigenvalue weighted by Crippen LogP contribution is -2.53. The third kappa shape index (κ3) is 3.12. The molecule has 20 heavy (non-hydrogen) atoms. The van der Waals surface area contributed by atoms with Gasteiger partial charge in [-0.25, -0.2) is 0 Å². The standard InChI is InChI=1S/C15H18ClN3O/c1-10-3-2-6-15(18,8-10)14(20)19-13-7-11(9-17)4-5-12(13)16/h4-5,7,10H,2-3,6,8,18H2,1H3,(H,19,20). The van der Waals surface area contributed by atoms with Crippen molar-refractivity contribution in [3.63, 3.8) is 0 Å². The molecular weight excluding hydrogens is 274 g/mol. The summed E-state index contributed by atoms with van der Waals surface area (Å²) in [4.78, 5) is 12.4. The first-order valence-electron chi connectivity index (χ1n) is 6.74. The van der Waals surface area contributed by atoms with E-state index in [2.05, 4.69) is 12.2 Å². The molecule has 1 aromatic rings. The highest BCUT2D eigenvalue weighted by molar-refractivity contribution is 6.33. The van der Waals surface area contributed by atoms with E-state index in [1.807, 2.05) is 6.07 Å². The van der Waals surface area contributed by atoms with Crippen LogP contribution in [0.25, 0.3) is 0 Å². The van der Waals surface area contributed by atoms with Gasteiger partial charge in [0.1, 0.15) is 0 Å². The summed E-state index contributed by atoms with van der Waals surface area (Å²) in [6, 6.07) is 6.80. The van der Waals surface area contributed by atoms with E-state index in [4.69, 9.17) is 22.6 Å². The van der Waals surface area contributed by atoms with Crippen LogP contribution in [-0.4, -0.2) is 11.4 Å². The molecular formula is C15H18ClN3O. The zero-order valence-corrected chi connectivity index (χ0v) is 12.2. The van der Waals surface area contributed by atoms with Crippen LogP contribution >= 0.6 is 11.6 Å². The van der Waals surface area contributed by atoms with E-state index in [0.717, 1.165) is 12.8 Å². The minimum absolute atomic E-state index is 0.221. The first kappa shape index (κ1) is 14.8. The number of hydrogen-bond donors (Lipinski definition) is 2. The molecule has 1 saturated carbocycles. The zero-order valence-electron chi connectivity index (χ0n) is 11.4. The number of nitrogens with one attached hydrogen (secondary N) is 1. The van der Waals surface area contributed by atoms with E-state index in [0.29, 0.717) is 35.0 Å². The van der Waals surface area contributed by atoms with E-state index in [1.165, 1.54) is 0 Å². The van der Waals surface area contributed by atoms with Crippen LogP contribution in [0.4, 0.5) is 5.69 Å². The minimum Gasteiger partial charge on any atom is -0.323 e. The molecule has 1 aliphatic rings. The average molecular weight is 292 g/mol. The maximum atomic E-state index is 12.4. The third-order valence-corrected chi connectivity index (χ3v) is 4.16. The molecule has 106 valence electrons. The molecule has 1 aliphatic carbocycles. The Labute approximate surface area is 123 Å².